The Labute approximate surface area is 128 Å². The lowest BCUT2D eigenvalue weighted by molar-refractivity contribution is -0.122. The summed E-state index contributed by atoms with van der Waals surface area (Å²) in [7, 11) is 0. The Morgan fingerprint density at radius 1 is 1.38 bits per heavy atom. The van der Waals surface area contributed by atoms with Gasteiger partial charge in [-0.15, -0.1) is 11.3 Å². The molecule has 0 spiro atoms. The van der Waals surface area contributed by atoms with Crippen LogP contribution in [0.15, 0.2) is 36.0 Å². The standard InChI is InChI=1S/C15H20N4OS/c20-15(12-19-9-4-6-17-19)16-11-13(14-5-3-10-21-14)18-7-1-2-8-18/h3-6,9-10,13H,1-2,7-8,11-12H2,(H,16,20). The highest BCUT2D eigenvalue weighted by molar-refractivity contribution is 7.10. The van der Waals surface area contributed by atoms with Crippen LogP contribution in [0.25, 0.3) is 0 Å². The Bertz CT molecular complexity index is 546. The zero-order valence-electron chi connectivity index (χ0n) is 11.9. The third-order valence-electron chi connectivity index (χ3n) is 3.81. The van der Waals surface area contributed by atoms with E-state index in [0.717, 1.165) is 13.1 Å². The van der Waals surface area contributed by atoms with E-state index in [1.165, 1.54) is 17.7 Å². The van der Waals surface area contributed by atoms with Gasteiger partial charge in [-0.1, -0.05) is 6.07 Å². The summed E-state index contributed by atoms with van der Waals surface area (Å²) in [5, 5.41) is 9.21. The van der Waals surface area contributed by atoms with Crippen LogP contribution in [-0.4, -0.2) is 40.2 Å². The van der Waals surface area contributed by atoms with E-state index in [9.17, 15) is 4.79 Å². The fourth-order valence-corrected chi connectivity index (χ4v) is 3.61. The lowest BCUT2D eigenvalue weighted by Gasteiger charge is -2.26. The summed E-state index contributed by atoms with van der Waals surface area (Å²) in [6.07, 6.45) is 6.00. The van der Waals surface area contributed by atoms with Crippen molar-refractivity contribution in [3.63, 3.8) is 0 Å². The summed E-state index contributed by atoms with van der Waals surface area (Å²) >= 11 is 1.76. The number of carbonyl (C=O) groups excluding carboxylic acids is 1. The third-order valence-corrected chi connectivity index (χ3v) is 4.78. The average molecular weight is 304 g/mol. The molecule has 3 heterocycles. The fourth-order valence-electron chi connectivity index (χ4n) is 2.75. The first-order valence-electron chi connectivity index (χ1n) is 7.34. The molecule has 112 valence electrons. The summed E-state index contributed by atoms with van der Waals surface area (Å²) in [4.78, 5) is 15.8. The Hall–Kier alpha value is -1.66. The Kier molecular flexibility index (Phi) is 4.67. The topological polar surface area (TPSA) is 50.2 Å². The largest absolute Gasteiger partial charge is 0.353 e. The van der Waals surface area contributed by atoms with E-state index in [4.69, 9.17) is 0 Å². The van der Waals surface area contributed by atoms with E-state index in [1.807, 2.05) is 6.07 Å². The molecular formula is C15H20N4OS. The minimum Gasteiger partial charge on any atom is -0.353 e. The molecule has 0 radical (unpaired) electrons. The maximum atomic E-state index is 12.0. The second-order valence-corrected chi connectivity index (χ2v) is 6.26. The average Bonchev–Trinajstić information content (AvgIpc) is 3.23. The molecule has 1 saturated heterocycles. The lowest BCUT2D eigenvalue weighted by atomic mass is 10.2. The van der Waals surface area contributed by atoms with E-state index < -0.39 is 0 Å². The number of nitrogens with one attached hydrogen (secondary N) is 1. The highest BCUT2D eigenvalue weighted by atomic mass is 32.1. The van der Waals surface area contributed by atoms with Crippen molar-refractivity contribution >= 4 is 17.2 Å². The van der Waals surface area contributed by atoms with Crippen LogP contribution in [0.5, 0.6) is 0 Å². The van der Waals surface area contributed by atoms with Crippen LogP contribution >= 0.6 is 11.3 Å². The predicted molar refractivity (Wildman–Crippen MR) is 83.1 cm³/mol. The predicted octanol–water partition coefficient (Wildman–Crippen LogP) is 1.90. The van der Waals surface area contributed by atoms with Crippen molar-refractivity contribution in [2.75, 3.05) is 19.6 Å². The van der Waals surface area contributed by atoms with E-state index in [2.05, 4.69) is 32.8 Å². The van der Waals surface area contributed by atoms with Gasteiger partial charge in [0, 0.05) is 23.8 Å². The van der Waals surface area contributed by atoms with Crippen molar-refractivity contribution in [1.82, 2.24) is 20.0 Å². The zero-order valence-corrected chi connectivity index (χ0v) is 12.8. The number of nitrogens with zero attached hydrogens (tertiary/aromatic N) is 3. The van der Waals surface area contributed by atoms with Crippen LogP contribution in [0.3, 0.4) is 0 Å². The van der Waals surface area contributed by atoms with Crippen molar-refractivity contribution < 1.29 is 4.79 Å². The van der Waals surface area contributed by atoms with Crippen molar-refractivity contribution in [2.24, 2.45) is 0 Å². The van der Waals surface area contributed by atoms with E-state index >= 15 is 0 Å². The van der Waals surface area contributed by atoms with Gasteiger partial charge in [0.15, 0.2) is 0 Å². The minimum atomic E-state index is 0.0134. The molecular weight excluding hydrogens is 284 g/mol. The molecule has 1 aliphatic rings. The summed E-state index contributed by atoms with van der Waals surface area (Å²) in [5.74, 6) is 0.0134. The van der Waals surface area contributed by atoms with Gasteiger partial charge in [0.2, 0.25) is 5.91 Å². The number of aromatic nitrogens is 2. The highest BCUT2D eigenvalue weighted by Crippen LogP contribution is 2.27. The number of thiophene rings is 1. The van der Waals surface area contributed by atoms with Crippen LogP contribution < -0.4 is 5.32 Å². The van der Waals surface area contributed by atoms with E-state index in [1.54, 1.807) is 28.4 Å². The molecule has 1 atom stereocenters. The molecule has 1 unspecified atom stereocenters. The van der Waals surface area contributed by atoms with Gasteiger partial charge in [-0.05, 0) is 43.4 Å². The smallest absolute Gasteiger partial charge is 0.241 e. The van der Waals surface area contributed by atoms with Crippen LogP contribution in [0.2, 0.25) is 0 Å². The molecule has 0 bridgehead atoms. The molecule has 0 saturated carbocycles. The number of hydrogen-bond donors (Lipinski definition) is 1. The van der Waals surface area contributed by atoms with Crippen LogP contribution in [-0.2, 0) is 11.3 Å². The first-order valence-corrected chi connectivity index (χ1v) is 8.22. The lowest BCUT2D eigenvalue weighted by Crippen LogP contribution is -2.37. The van der Waals surface area contributed by atoms with Crippen molar-refractivity contribution in [1.29, 1.82) is 0 Å². The second kappa shape index (κ2) is 6.87. The van der Waals surface area contributed by atoms with Crippen molar-refractivity contribution in [2.45, 2.75) is 25.4 Å². The van der Waals surface area contributed by atoms with Crippen LogP contribution in [0.1, 0.15) is 23.8 Å². The quantitative estimate of drug-likeness (QED) is 0.887. The van der Waals surface area contributed by atoms with Gasteiger partial charge in [-0.25, -0.2) is 0 Å². The van der Waals surface area contributed by atoms with E-state index in [0.29, 0.717) is 12.6 Å². The summed E-state index contributed by atoms with van der Waals surface area (Å²) in [6, 6.07) is 6.36. The molecule has 2 aromatic rings. The van der Waals surface area contributed by atoms with Gasteiger partial charge in [0.1, 0.15) is 6.54 Å². The van der Waals surface area contributed by atoms with Crippen LogP contribution in [0.4, 0.5) is 0 Å². The van der Waals surface area contributed by atoms with E-state index in [-0.39, 0.29) is 12.5 Å². The first-order chi connectivity index (χ1) is 10.3. The van der Waals surface area contributed by atoms with Gasteiger partial charge < -0.3 is 5.32 Å². The maximum absolute atomic E-state index is 12.0. The molecule has 1 aliphatic heterocycles. The molecule has 2 aromatic heterocycles. The van der Waals surface area contributed by atoms with Crippen molar-refractivity contribution in [3.05, 3.63) is 40.8 Å². The normalized spacial score (nSPS) is 17.0. The molecule has 1 N–H and O–H groups in total. The second-order valence-electron chi connectivity index (χ2n) is 5.28. The summed E-state index contributed by atoms with van der Waals surface area (Å²) in [5.41, 5.74) is 0. The highest BCUT2D eigenvalue weighted by Gasteiger charge is 2.24. The van der Waals surface area contributed by atoms with Crippen molar-refractivity contribution in [3.8, 4) is 0 Å². The monoisotopic (exact) mass is 304 g/mol. The number of hydrogen-bond acceptors (Lipinski definition) is 4. The fraction of sp³-hybridized carbons (Fsp3) is 0.467. The minimum absolute atomic E-state index is 0.0134. The number of likely N-dealkylation sites (tertiary alicyclic amines) is 1. The number of amides is 1. The molecule has 0 aromatic carbocycles. The SMILES string of the molecule is O=C(Cn1cccn1)NCC(c1cccs1)N1CCCC1. The van der Waals surface area contributed by atoms with Gasteiger partial charge in [-0.2, -0.15) is 5.10 Å². The Morgan fingerprint density at radius 2 is 2.24 bits per heavy atom. The zero-order chi connectivity index (χ0) is 14.5. The summed E-state index contributed by atoms with van der Waals surface area (Å²) < 4.78 is 1.64. The first kappa shape index (κ1) is 14.3. The number of rotatable bonds is 6. The summed E-state index contributed by atoms with van der Waals surface area (Å²) in [6.45, 7) is 3.19. The maximum Gasteiger partial charge on any atom is 0.241 e. The molecule has 1 amide bonds. The molecule has 1 fully saturated rings. The van der Waals surface area contributed by atoms with Crippen LogP contribution in [0, 0.1) is 0 Å². The Morgan fingerprint density at radius 3 is 2.90 bits per heavy atom. The molecule has 0 aliphatic carbocycles. The van der Waals surface area contributed by atoms with Gasteiger partial charge in [0.25, 0.3) is 0 Å². The molecule has 3 rings (SSSR count). The number of carbonyl (C=O) groups is 1. The van der Waals surface area contributed by atoms with Gasteiger partial charge in [0.05, 0.1) is 6.04 Å². The molecule has 5 nitrogen and oxygen atoms in total. The van der Waals surface area contributed by atoms with Gasteiger partial charge in [-0.3, -0.25) is 14.4 Å². The molecule has 6 heteroatoms. The van der Waals surface area contributed by atoms with Gasteiger partial charge >= 0.3 is 0 Å². The Balaban J connectivity index is 1.58. The molecule has 21 heavy (non-hydrogen) atoms. The third kappa shape index (κ3) is 3.71.